The largest absolute Gasteiger partial charge is 0.466 e. The van der Waals surface area contributed by atoms with Crippen LogP contribution in [0.2, 0.25) is 0 Å². The van der Waals surface area contributed by atoms with Crippen LogP contribution in [0.4, 0.5) is 0 Å². The number of carbonyl (C=O) groups excluding carboxylic acids is 2. The van der Waals surface area contributed by atoms with E-state index in [0.717, 1.165) is 25.7 Å². The van der Waals surface area contributed by atoms with Gasteiger partial charge in [0, 0.05) is 12.8 Å². The number of hydrogen-bond acceptors (Lipinski definition) is 4. The number of hydrogen-bond donors (Lipinski definition) is 0. The van der Waals surface area contributed by atoms with Crippen LogP contribution >= 0.6 is 0 Å². The Morgan fingerprint density at radius 2 is 0.478 bits per heavy atom. The van der Waals surface area contributed by atoms with E-state index in [0.29, 0.717) is 26.1 Å². The normalized spacial score (nSPS) is 11.3. The third-order valence-corrected chi connectivity index (χ3v) is 9.53. The molecule has 0 aromatic heterocycles. The molecular formula is C42H82O4. The molecule has 0 heterocycles. The van der Waals surface area contributed by atoms with E-state index >= 15 is 0 Å². The molecule has 0 bridgehead atoms. The third-order valence-electron chi connectivity index (χ3n) is 9.53. The molecule has 4 nitrogen and oxygen atoms in total. The topological polar surface area (TPSA) is 52.6 Å². The van der Waals surface area contributed by atoms with E-state index in [1.165, 1.54) is 193 Å². The van der Waals surface area contributed by atoms with Crippen LogP contribution in [0, 0.1) is 0 Å². The van der Waals surface area contributed by atoms with Crippen LogP contribution in [0.3, 0.4) is 0 Å². The van der Waals surface area contributed by atoms with Crippen molar-refractivity contribution in [2.24, 2.45) is 0 Å². The minimum atomic E-state index is 0.00935. The average molecular weight is 651 g/mol. The molecule has 0 aliphatic rings. The molecule has 46 heavy (non-hydrogen) atoms. The summed E-state index contributed by atoms with van der Waals surface area (Å²) in [5, 5.41) is 0. The highest BCUT2D eigenvalue weighted by atomic mass is 16.5. The molecule has 0 aromatic rings. The van der Waals surface area contributed by atoms with Crippen molar-refractivity contribution in [2.45, 2.75) is 245 Å². The van der Waals surface area contributed by atoms with Gasteiger partial charge in [-0.3, -0.25) is 9.59 Å². The van der Waals surface area contributed by atoms with E-state index in [4.69, 9.17) is 9.47 Å². The second-order valence-electron chi connectivity index (χ2n) is 14.3. The summed E-state index contributed by atoms with van der Waals surface area (Å²) in [6.07, 6.45) is 44.9. The Morgan fingerprint density at radius 3 is 0.717 bits per heavy atom. The van der Waals surface area contributed by atoms with Gasteiger partial charge in [0.2, 0.25) is 0 Å². The van der Waals surface area contributed by atoms with Gasteiger partial charge in [0.05, 0.1) is 13.2 Å². The number of carbonyl (C=O) groups is 2. The fourth-order valence-corrected chi connectivity index (χ4v) is 6.36. The molecule has 0 unspecified atom stereocenters. The molecule has 0 atom stereocenters. The van der Waals surface area contributed by atoms with Crippen molar-refractivity contribution in [2.75, 3.05) is 13.2 Å². The quantitative estimate of drug-likeness (QED) is 0.0490. The first-order chi connectivity index (χ1) is 22.7. The van der Waals surface area contributed by atoms with Crippen molar-refractivity contribution in [3.8, 4) is 0 Å². The predicted molar refractivity (Wildman–Crippen MR) is 199 cm³/mol. The van der Waals surface area contributed by atoms with Gasteiger partial charge >= 0.3 is 11.9 Å². The zero-order chi connectivity index (χ0) is 33.4. The number of rotatable bonds is 39. The third kappa shape index (κ3) is 39.1. The van der Waals surface area contributed by atoms with Gasteiger partial charge in [-0.05, 0) is 25.7 Å². The maximum absolute atomic E-state index is 11.9. The molecule has 0 fully saturated rings. The molecule has 0 aliphatic heterocycles. The van der Waals surface area contributed by atoms with Gasteiger partial charge in [-0.15, -0.1) is 0 Å². The smallest absolute Gasteiger partial charge is 0.305 e. The maximum atomic E-state index is 11.9. The number of unbranched alkanes of at least 4 members (excludes halogenated alkanes) is 31. The van der Waals surface area contributed by atoms with Crippen LogP contribution in [-0.4, -0.2) is 25.2 Å². The molecule has 0 saturated heterocycles. The second kappa shape index (κ2) is 40.1. The van der Waals surface area contributed by atoms with Crippen molar-refractivity contribution in [1.82, 2.24) is 0 Å². The summed E-state index contributed by atoms with van der Waals surface area (Å²) in [6.45, 7) is 5.76. The van der Waals surface area contributed by atoms with Crippen LogP contribution in [0.1, 0.15) is 245 Å². The van der Waals surface area contributed by atoms with Crippen LogP contribution < -0.4 is 0 Å². The van der Waals surface area contributed by atoms with Crippen molar-refractivity contribution >= 4 is 11.9 Å². The monoisotopic (exact) mass is 651 g/mol. The lowest BCUT2D eigenvalue weighted by atomic mass is 10.0. The molecule has 0 aromatic carbocycles. The lowest BCUT2D eigenvalue weighted by Gasteiger charge is -2.06. The summed E-state index contributed by atoms with van der Waals surface area (Å²) in [7, 11) is 0. The van der Waals surface area contributed by atoms with Crippen molar-refractivity contribution in [3.63, 3.8) is 0 Å². The van der Waals surface area contributed by atoms with Gasteiger partial charge in [0.25, 0.3) is 0 Å². The first kappa shape index (κ1) is 44.9. The molecule has 0 aliphatic carbocycles. The van der Waals surface area contributed by atoms with E-state index in [1.807, 2.05) is 0 Å². The lowest BCUT2D eigenvalue weighted by molar-refractivity contribution is -0.144. The van der Waals surface area contributed by atoms with Crippen LogP contribution in [0.15, 0.2) is 0 Å². The van der Waals surface area contributed by atoms with Gasteiger partial charge in [-0.1, -0.05) is 206 Å². The van der Waals surface area contributed by atoms with Gasteiger partial charge in [-0.25, -0.2) is 0 Å². The van der Waals surface area contributed by atoms with E-state index < -0.39 is 0 Å². The average Bonchev–Trinajstić information content (AvgIpc) is 3.05. The van der Waals surface area contributed by atoms with E-state index in [1.54, 1.807) is 0 Å². The first-order valence-corrected chi connectivity index (χ1v) is 21.0. The lowest BCUT2D eigenvalue weighted by Crippen LogP contribution is -2.05. The summed E-state index contributed by atoms with van der Waals surface area (Å²) in [5.41, 5.74) is 0. The SMILES string of the molecule is CCCCCCCCCCCCC(=O)OCCCCCCCCCCCCCCCCOC(=O)CCCCCCCCCCCC. The zero-order valence-electron chi connectivity index (χ0n) is 31.5. The predicted octanol–water partition coefficient (Wildman–Crippen LogP) is 14.2. The Kier molecular flexibility index (Phi) is 39.2. The minimum Gasteiger partial charge on any atom is -0.466 e. The van der Waals surface area contributed by atoms with Gasteiger partial charge < -0.3 is 9.47 Å². The summed E-state index contributed by atoms with van der Waals surface area (Å²) in [5.74, 6) is 0.0187. The summed E-state index contributed by atoms with van der Waals surface area (Å²) >= 11 is 0. The fraction of sp³-hybridized carbons (Fsp3) is 0.952. The molecule has 0 saturated carbocycles. The van der Waals surface area contributed by atoms with Gasteiger partial charge in [-0.2, -0.15) is 0 Å². The Bertz CT molecular complexity index is 552. The van der Waals surface area contributed by atoms with Crippen molar-refractivity contribution < 1.29 is 19.1 Å². The number of esters is 2. The Hall–Kier alpha value is -1.06. The Labute approximate surface area is 288 Å². The molecule has 0 rings (SSSR count). The number of ether oxygens (including phenoxy) is 2. The van der Waals surface area contributed by atoms with E-state index in [2.05, 4.69) is 13.8 Å². The molecule has 0 N–H and O–H groups in total. The highest BCUT2D eigenvalue weighted by molar-refractivity contribution is 5.69. The first-order valence-electron chi connectivity index (χ1n) is 21.0. The van der Waals surface area contributed by atoms with E-state index in [9.17, 15) is 9.59 Å². The van der Waals surface area contributed by atoms with Crippen LogP contribution in [-0.2, 0) is 19.1 Å². The van der Waals surface area contributed by atoms with Gasteiger partial charge in [0.15, 0.2) is 0 Å². The summed E-state index contributed by atoms with van der Waals surface area (Å²) in [4.78, 5) is 23.8. The minimum absolute atomic E-state index is 0.00935. The standard InChI is InChI=1S/C42H82O4/c1-3-5-7-9-11-13-21-25-29-33-37-41(43)45-39-35-31-27-23-19-17-15-16-18-20-24-28-32-36-40-46-42(44)38-34-30-26-22-14-12-10-8-6-4-2/h3-40H2,1-2H3. The Balaban J connectivity index is 3.19. The highest BCUT2D eigenvalue weighted by Crippen LogP contribution is 2.15. The second-order valence-corrected chi connectivity index (χ2v) is 14.3. The Morgan fingerprint density at radius 1 is 0.283 bits per heavy atom. The van der Waals surface area contributed by atoms with Crippen molar-refractivity contribution in [3.05, 3.63) is 0 Å². The van der Waals surface area contributed by atoms with E-state index in [-0.39, 0.29) is 11.9 Å². The summed E-state index contributed by atoms with van der Waals surface area (Å²) in [6, 6.07) is 0. The van der Waals surface area contributed by atoms with Gasteiger partial charge in [0.1, 0.15) is 0 Å². The molecule has 0 radical (unpaired) electrons. The fourth-order valence-electron chi connectivity index (χ4n) is 6.36. The van der Waals surface area contributed by atoms with Crippen LogP contribution in [0.25, 0.3) is 0 Å². The molecule has 4 heteroatoms. The molecule has 274 valence electrons. The molecule has 0 amide bonds. The van der Waals surface area contributed by atoms with Crippen molar-refractivity contribution in [1.29, 1.82) is 0 Å². The summed E-state index contributed by atoms with van der Waals surface area (Å²) < 4.78 is 10.9. The van der Waals surface area contributed by atoms with Crippen LogP contribution in [0.5, 0.6) is 0 Å². The zero-order valence-corrected chi connectivity index (χ0v) is 31.5. The maximum Gasteiger partial charge on any atom is 0.305 e. The highest BCUT2D eigenvalue weighted by Gasteiger charge is 2.04. The molecule has 0 spiro atoms. The molecular weight excluding hydrogens is 568 g/mol.